The molecule has 2 aromatic carbocycles. The van der Waals surface area contributed by atoms with Crippen molar-refractivity contribution >= 4 is 28.1 Å². The van der Waals surface area contributed by atoms with Gasteiger partial charge in [0.15, 0.2) is 5.13 Å². The van der Waals surface area contributed by atoms with Crippen molar-refractivity contribution in [2.45, 2.75) is 25.4 Å². The molecule has 3 aromatic rings. The fourth-order valence-corrected chi connectivity index (χ4v) is 4.31. The van der Waals surface area contributed by atoms with Gasteiger partial charge < -0.3 is 10.6 Å². The summed E-state index contributed by atoms with van der Waals surface area (Å²) in [7, 11) is 2.04. The quantitative estimate of drug-likeness (QED) is 0.712. The molecule has 1 fully saturated rings. The Bertz CT molecular complexity index is 939. The number of nitrogen functional groups attached to an aromatic ring is 1. The van der Waals surface area contributed by atoms with Crippen LogP contribution in [0.5, 0.6) is 0 Å². The number of likely N-dealkylation sites (N-methyl/N-ethyl adjacent to an activating group) is 1. The zero-order valence-corrected chi connectivity index (χ0v) is 16.7. The standard InChI is InChI=1S/C22H24N4OS/c1-25(14-16-6-3-2-4-7-16)20-8-5-13-26(21(20)27)18-11-9-17(10-12-18)19-15-28-22(23)24-19/h2-4,6-7,9-12,15,20H,5,8,13-14H2,1H3,(H2,23,24). The van der Waals surface area contributed by atoms with Gasteiger partial charge in [-0.15, -0.1) is 11.3 Å². The highest BCUT2D eigenvalue weighted by atomic mass is 32.1. The number of carbonyl (C=O) groups is 1. The fraction of sp³-hybridized carbons (Fsp3) is 0.273. The molecule has 2 N–H and O–H groups in total. The molecule has 1 atom stereocenters. The Balaban J connectivity index is 1.48. The van der Waals surface area contributed by atoms with Crippen LogP contribution >= 0.6 is 11.3 Å². The van der Waals surface area contributed by atoms with Gasteiger partial charge in [0.1, 0.15) is 0 Å². The van der Waals surface area contributed by atoms with E-state index in [1.807, 2.05) is 59.8 Å². The minimum Gasteiger partial charge on any atom is -0.375 e. The number of thiazole rings is 1. The summed E-state index contributed by atoms with van der Waals surface area (Å²) in [5.41, 5.74) is 9.78. The van der Waals surface area contributed by atoms with Gasteiger partial charge in [-0.25, -0.2) is 4.98 Å². The predicted molar refractivity (Wildman–Crippen MR) is 115 cm³/mol. The van der Waals surface area contributed by atoms with Crippen molar-refractivity contribution in [2.75, 3.05) is 24.2 Å². The van der Waals surface area contributed by atoms with E-state index >= 15 is 0 Å². The van der Waals surface area contributed by atoms with Gasteiger partial charge in [-0.2, -0.15) is 0 Å². The Morgan fingerprint density at radius 3 is 2.61 bits per heavy atom. The molecular formula is C22H24N4OS. The minimum atomic E-state index is -0.0908. The van der Waals surface area contributed by atoms with E-state index in [-0.39, 0.29) is 11.9 Å². The van der Waals surface area contributed by atoms with Crippen LogP contribution in [-0.2, 0) is 11.3 Å². The molecule has 6 heteroatoms. The summed E-state index contributed by atoms with van der Waals surface area (Å²) in [4.78, 5) is 21.6. The molecule has 4 rings (SSSR count). The minimum absolute atomic E-state index is 0.0908. The molecule has 1 saturated heterocycles. The van der Waals surface area contributed by atoms with Crippen molar-refractivity contribution in [3.05, 3.63) is 65.5 Å². The topological polar surface area (TPSA) is 62.5 Å². The number of hydrogen-bond donors (Lipinski definition) is 1. The molecule has 0 bridgehead atoms. The van der Waals surface area contributed by atoms with Crippen LogP contribution in [0, 0.1) is 0 Å². The molecule has 0 radical (unpaired) electrons. The summed E-state index contributed by atoms with van der Waals surface area (Å²) in [5, 5.41) is 2.51. The van der Waals surface area contributed by atoms with Crippen LogP contribution in [0.25, 0.3) is 11.3 Å². The van der Waals surface area contributed by atoms with Crippen molar-refractivity contribution in [2.24, 2.45) is 0 Å². The van der Waals surface area contributed by atoms with Gasteiger partial charge in [0.05, 0.1) is 11.7 Å². The maximum Gasteiger partial charge on any atom is 0.244 e. The second-order valence-electron chi connectivity index (χ2n) is 7.17. The van der Waals surface area contributed by atoms with Crippen molar-refractivity contribution in [3.63, 3.8) is 0 Å². The van der Waals surface area contributed by atoms with Crippen molar-refractivity contribution in [1.82, 2.24) is 9.88 Å². The number of piperidine rings is 1. The van der Waals surface area contributed by atoms with E-state index in [0.29, 0.717) is 5.13 Å². The molecule has 1 aromatic heterocycles. The van der Waals surface area contributed by atoms with E-state index in [9.17, 15) is 4.79 Å². The van der Waals surface area contributed by atoms with E-state index < -0.39 is 0 Å². The molecule has 1 amide bonds. The summed E-state index contributed by atoms with van der Waals surface area (Å²) in [6.07, 6.45) is 1.90. The Labute approximate surface area is 169 Å². The third kappa shape index (κ3) is 3.93. The number of hydrogen-bond acceptors (Lipinski definition) is 5. The monoisotopic (exact) mass is 392 g/mol. The third-order valence-corrected chi connectivity index (χ3v) is 5.89. The average Bonchev–Trinajstić information content (AvgIpc) is 3.15. The zero-order valence-electron chi connectivity index (χ0n) is 15.9. The Morgan fingerprint density at radius 2 is 1.93 bits per heavy atom. The molecule has 0 spiro atoms. The van der Waals surface area contributed by atoms with Gasteiger partial charge >= 0.3 is 0 Å². The van der Waals surface area contributed by atoms with E-state index in [4.69, 9.17) is 5.73 Å². The summed E-state index contributed by atoms with van der Waals surface area (Å²) in [6, 6.07) is 18.2. The first-order valence-electron chi connectivity index (χ1n) is 9.49. The lowest BCUT2D eigenvalue weighted by molar-refractivity contribution is -0.125. The number of aromatic nitrogens is 1. The van der Waals surface area contributed by atoms with Gasteiger partial charge in [0.25, 0.3) is 0 Å². The highest BCUT2D eigenvalue weighted by molar-refractivity contribution is 7.13. The van der Waals surface area contributed by atoms with Crippen LogP contribution in [0.4, 0.5) is 10.8 Å². The van der Waals surface area contributed by atoms with Crippen LogP contribution in [0.1, 0.15) is 18.4 Å². The van der Waals surface area contributed by atoms with Crippen LogP contribution in [0.15, 0.2) is 60.0 Å². The number of benzene rings is 2. The molecule has 2 heterocycles. The lowest BCUT2D eigenvalue weighted by Crippen LogP contribution is -2.51. The maximum atomic E-state index is 13.2. The molecule has 0 saturated carbocycles. The molecular weight excluding hydrogens is 368 g/mol. The van der Waals surface area contributed by atoms with Crippen LogP contribution in [0.2, 0.25) is 0 Å². The number of nitrogens with two attached hydrogens (primary N) is 1. The van der Waals surface area contributed by atoms with E-state index in [2.05, 4.69) is 22.0 Å². The molecule has 0 aliphatic carbocycles. The number of nitrogens with zero attached hydrogens (tertiary/aromatic N) is 3. The zero-order chi connectivity index (χ0) is 19.5. The second-order valence-corrected chi connectivity index (χ2v) is 8.06. The smallest absolute Gasteiger partial charge is 0.244 e. The van der Waals surface area contributed by atoms with E-state index in [1.165, 1.54) is 16.9 Å². The second kappa shape index (κ2) is 8.12. The number of carbonyl (C=O) groups excluding carboxylic acids is 1. The molecule has 144 valence electrons. The Morgan fingerprint density at radius 1 is 1.18 bits per heavy atom. The average molecular weight is 393 g/mol. The van der Waals surface area contributed by atoms with Gasteiger partial charge in [0, 0.05) is 29.7 Å². The molecule has 1 unspecified atom stereocenters. The lowest BCUT2D eigenvalue weighted by atomic mass is 10.0. The maximum absolute atomic E-state index is 13.2. The van der Waals surface area contributed by atoms with Crippen LogP contribution in [-0.4, -0.2) is 35.4 Å². The van der Waals surface area contributed by atoms with Crippen LogP contribution in [0.3, 0.4) is 0 Å². The summed E-state index contributed by atoms with van der Waals surface area (Å²) in [5.74, 6) is 0.176. The molecule has 1 aliphatic rings. The van der Waals surface area contributed by atoms with Crippen molar-refractivity contribution in [1.29, 1.82) is 0 Å². The number of rotatable bonds is 5. The largest absolute Gasteiger partial charge is 0.375 e. The molecule has 28 heavy (non-hydrogen) atoms. The lowest BCUT2D eigenvalue weighted by Gasteiger charge is -2.37. The summed E-state index contributed by atoms with van der Waals surface area (Å²) in [6.45, 7) is 1.53. The summed E-state index contributed by atoms with van der Waals surface area (Å²) >= 11 is 1.43. The predicted octanol–water partition coefficient (Wildman–Crippen LogP) is 4.02. The third-order valence-electron chi connectivity index (χ3n) is 5.21. The number of amides is 1. The SMILES string of the molecule is CN(Cc1ccccc1)C1CCCN(c2ccc(-c3csc(N)n3)cc2)C1=O. The highest BCUT2D eigenvalue weighted by Gasteiger charge is 2.32. The van der Waals surface area contributed by atoms with Crippen LogP contribution < -0.4 is 10.6 Å². The van der Waals surface area contributed by atoms with Gasteiger partial charge in [-0.1, -0.05) is 42.5 Å². The first-order chi connectivity index (χ1) is 13.6. The highest BCUT2D eigenvalue weighted by Crippen LogP contribution is 2.28. The van der Waals surface area contributed by atoms with Gasteiger partial charge in [-0.3, -0.25) is 9.69 Å². The summed E-state index contributed by atoms with van der Waals surface area (Å²) < 4.78 is 0. The normalized spacial score (nSPS) is 17.3. The van der Waals surface area contributed by atoms with Crippen molar-refractivity contribution < 1.29 is 4.79 Å². The fourth-order valence-electron chi connectivity index (χ4n) is 3.74. The van der Waals surface area contributed by atoms with Gasteiger partial charge in [-0.05, 0) is 37.6 Å². The molecule has 5 nitrogen and oxygen atoms in total. The van der Waals surface area contributed by atoms with Gasteiger partial charge in [0.2, 0.25) is 5.91 Å². The Kier molecular flexibility index (Phi) is 5.41. The first kappa shape index (κ1) is 18.7. The first-order valence-corrected chi connectivity index (χ1v) is 10.4. The number of anilines is 2. The van der Waals surface area contributed by atoms with Crippen molar-refractivity contribution in [3.8, 4) is 11.3 Å². The Hall–Kier alpha value is -2.70. The van der Waals surface area contributed by atoms with E-state index in [0.717, 1.165) is 42.9 Å². The molecule has 1 aliphatic heterocycles. The van der Waals surface area contributed by atoms with E-state index in [1.54, 1.807) is 0 Å².